The molecule has 7 heteroatoms. The van der Waals surface area contributed by atoms with Gasteiger partial charge >= 0.3 is 0 Å². The molecule has 4 fully saturated rings. The molecule has 4 bridgehead atoms. The molecule has 2 amide bonds. The van der Waals surface area contributed by atoms with Gasteiger partial charge in [0.25, 0.3) is 11.8 Å². The summed E-state index contributed by atoms with van der Waals surface area (Å²) in [5, 5.41) is 6.57. The third kappa shape index (κ3) is 3.27. The number of benzene rings is 1. The second kappa shape index (κ2) is 6.89. The van der Waals surface area contributed by atoms with Gasteiger partial charge < -0.3 is 15.0 Å². The summed E-state index contributed by atoms with van der Waals surface area (Å²) < 4.78 is 15.5. The minimum atomic E-state index is -0.417. The number of carbonyl (C=O) groups excluding carboxylic acids is 2. The number of amides is 2. The van der Waals surface area contributed by atoms with E-state index in [1.165, 1.54) is 12.1 Å². The third-order valence-electron chi connectivity index (χ3n) is 7.50. The predicted octanol–water partition coefficient (Wildman–Crippen LogP) is 3.72. The van der Waals surface area contributed by atoms with Gasteiger partial charge in [0.1, 0.15) is 17.2 Å². The van der Waals surface area contributed by atoms with E-state index in [1.54, 1.807) is 18.3 Å². The first-order chi connectivity index (χ1) is 15.4. The van der Waals surface area contributed by atoms with E-state index in [9.17, 15) is 14.0 Å². The molecule has 7 rings (SSSR count). The van der Waals surface area contributed by atoms with Crippen molar-refractivity contribution in [2.24, 2.45) is 11.8 Å². The number of pyridine rings is 1. The number of halogens is 1. The SMILES string of the molecule is O=C(NC12CC3CC(C1)CC(NC(=O)c1cn4ccccc4n1)(C3)C2)c1cccc(F)c1. The van der Waals surface area contributed by atoms with Gasteiger partial charge in [-0.3, -0.25) is 9.59 Å². The summed E-state index contributed by atoms with van der Waals surface area (Å²) >= 11 is 0. The average molecular weight is 432 g/mol. The fourth-order valence-corrected chi connectivity index (χ4v) is 6.85. The highest BCUT2D eigenvalue weighted by Crippen LogP contribution is 2.57. The van der Waals surface area contributed by atoms with Crippen LogP contribution in [0.25, 0.3) is 5.65 Å². The Hall–Kier alpha value is -3.22. The van der Waals surface area contributed by atoms with Crippen molar-refractivity contribution in [2.75, 3.05) is 0 Å². The van der Waals surface area contributed by atoms with Gasteiger partial charge in [-0.1, -0.05) is 12.1 Å². The Morgan fingerprint density at radius 3 is 2.38 bits per heavy atom. The van der Waals surface area contributed by atoms with Crippen LogP contribution in [0.3, 0.4) is 0 Å². The van der Waals surface area contributed by atoms with Crippen molar-refractivity contribution in [1.82, 2.24) is 20.0 Å². The van der Waals surface area contributed by atoms with E-state index >= 15 is 0 Å². The quantitative estimate of drug-likeness (QED) is 0.660. The fraction of sp³-hybridized carbons (Fsp3) is 0.400. The molecule has 2 aromatic heterocycles. The Bertz CT molecular complexity index is 1190. The molecule has 32 heavy (non-hydrogen) atoms. The molecule has 0 saturated heterocycles. The molecule has 4 saturated carbocycles. The number of nitrogens with one attached hydrogen (secondary N) is 2. The van der Waals surface area contributed by atoms with Crippen LogP contribution in [0.15, 0.2) is 54.9 Å². The molecular weight excluding hydrogens is 407 g/mol. The zero-order valence-electron chi connectivity index (χ0n) is 17.7. The molecule has 0 aliphatic heterocycles. The van der Waals surface area contributed by atoms with E-state index < -0.39 is 5.82 Å². The van der Waals surface area contributed by atoms with Gasteiger partial charge in [-0.2, -0.15) is 0 Å². The van der Waals surface area contributed by atoms with Crippen molar-refractivity contribution < 1.29 is 14.0 Å². The molecule has 6 nitrogen and oxygen atoms in total. The molecule has 1 aromatic carbocycles. The molecule has 3 aromatic rings. The maximum absolute atomic E-state index is 13.6. The topological polar surface area (TPSA) is 75.5 Å². The molecule has 2 unspecified atom stereocenters. The van der Waals surface area contributed by atoms with Gasteiger partial charge in [-0.05, 0) is 80.7 Å². The van der Waals surface area contributed by atoms with Gasteiger partial charge in [-0.15, -0.1) is 0 Å². The van der Waals surface area contributed by atoms with Crippen LogP contribution in [0.4, 0.5) is 4.39 Å². The minimum absolute atomic E-state index is 0.165. The van der Waals surface area contributed by atoms with Gasteiger partial charge in [-0.25, -0.2) is 9.37 Å². The lowest BCUT2D eigenvalue weighted by Gasteiger charge is -2.62. The van der Waals surface area contributed by atoms with Crippen molar-refractivity contribution in [1.29, 1.82) is 0 Å². The zero-order chi connectivity index (χ0) is 21.9. The number of hydrogen-bond acceptors (Lipinski definition) is 3. The first-order valence-corrected chi connectivity index (χ1v) is 11.3. The molecule has 0 spiro atoms. The molecule has 2 N–H and O–H groups in total. The standard InChI is InChI=1S/C25H25FN4O2/c26-19-5-3-4-18(9-19)22(31)28-24-10-16-8-17(11-24)13-25(12-16,15-24)29-23(32)20-14-30-7-2-1-6-21(30)27-20/h1-7,9,14,16-17H,8,10-13,15H2,(H,28,31)(H,29,32). The highest BCUT2D eigenvalue weighted by atomic mass is 19.1. The van der Waals surface area contributed by atoms with Gasteiger partial charge in [0.15, 0.2) is 0 Å². The minimum Gasteiger partial charge on any atom is -0.346 e. The first kappa shape index (κ1) is 19.5. The highest BCUT2D eigenvalue weighted by molar-refractivity contribution is 5.95. The summed E-state index contributed by atoms with van der Waals surface area (Å²) in [6.07, 6.45) is 9.16. The highest BCUT2D eigenvalue weighted by Gasteiger charge is 2.58. The second-order valence-electron chi connectivity index (χ2n) is 10.0. The van der Waals surface area contributed by atoms with E-state index in [0.29, 0.717) is 29.5 Å². The summed E-state index contributed by atoms with van der Waals surface area (Å²) in [6.45, 7) is 0. The van der Waals surface area contributed by atoms with Crippen LogP contribution in [0.5, 0.6) is 0 Å². The normalized spacial score (nSPS) is 30.4. The predicted molar refractivity (Wildman–Crippen MR) is 117 cm³/mol. The van der Waals surface area contributed by atoms with Crippen LogP contribution in [0.2, 0.25) is 0 Å². The van der Waals surface area contributed by atoms with E-state index in [1.807, 2.05) is 28.8 Å². The Morgan fingerprint density at radius 1 is 0.969 bits per heavy atom. The maximum Gasteiger partial charge on any atom is 0.271 e. The number of imidazole rings is 1. The van der Waals surface area contributed by atoms with Crippen molar-refractivity contribution in [3.05, 3.63) is 71.9 Å². The lowest BCUT2D eigenvalue weighted by molar-refractivity contribution is -0.0448. The lowest BCUT2D eigenvalue weighted by atomic mass is 9.49. The van der Waals surface area contributed by atoms with E-state index in [2.05, 4.69) is 15.6 Å². The van der Waals surface area contributed by atoms with Crippen LogP contribution >= 0.6 is 0 Å². The summed E-state index contributed by atoms with van der Waals surface area (Å²) in [7, 11) is 0. The number of carbonyl (C=O) groups is 2. The van der Waals surface area contributed by atoms with Crippen LogP contribution in [-0.4, -0.2) is 32.3 Å². The molecule has 2 heterocycles. The summed E-state index contributed by atoms with van der Waals surface area (Å²) in [5.74, 6) is 0.103. The monoisotopic (exact) mass is 432 g/mol. The summed E-state index contributed by atoms with van der Waals surface area (Å²) in [4.78, 5) is 30.6. The van der Waals surface area contributed by atoms with E-state index in [0.717, 1.165) is 37.8 Å². The van der Waals surface area contributed by atoms with Crippen LogP contribution in [0, 0.1) is 17.7 Å². The maximum atomic E-state index is 13.6. The van der Waals surface area contributed by atoms with Crippen molar-refractivity contribution in [3.63, 3.8) is 0 Å². The Balaban J connectivity index is 1.25. The second-order valence-corrected chi connectivity index (χ2v) is 10.0. The smallest absolute Gasteiger partial charge is 0.271 e. The summed E-state index contributed by atoms with van der Waals surface area (Å²) in [5.41, 5.74) is 0.779. The number of hydrogen-bond donors (Lipinski definition) is 2. The molecule has 4 aliphatic rings. The number of rotatable bonds is 4. The Morgan fingerprint density at radius 2 is 1.69 bits per heavy atom. The third-order valence-corrected chi connectivity index (χ3v) is 7.50. The van der Waals surface area contributed by atoms with Crippen molar-refractivity contribution in [2.45, 2.75) is 49.6 Å². The van der Waals surface area contributed by atoms with Crippen LogP contribution in [0.1, 0.15) is 59.4 Å². The summed E-state index contributed by atoms with van der Waals surface area (Å²) in [6, 6.07) is 11.5. The average Bonchev–Trinajstić information content (AvgIpc) is 3.17. The zero-order valence-corrected chi connectivity index (χ0v) is 17.7. The van der Waals surface area contributed by atoms with E-state index in [-0.39, 0.29) is 22.9 Å². The van der Waals surface area contributed by atoms with Crippen LogP contribution in [-0.2, 0) is 0 Å². The molecule has 2 atom stereocenters. The number of aromatic nitrogens is 2. The van der Waals surface area contributed by atoms with E-state index in [4.69, 9.17) is 0 Å². The molecule has 0 radical (unpaired) electrons. The fourth-order valence-electron chi connectivity index (χ4n) is 6.85. The van der Waals surface area contributed by atoms with Gasteiger partial charge in [0, 0.05) is 29.0 Å². The largest absolute Gasteiger partial charge is 0.346 e. The lowest BCUT2D eigenvalue weighted by Crippen LogP contribution is -2.69. The number of fused-ring (bicyclic) bond motifs is 1. The molecule has 4 aliphatic carbocycles. The van der Waals surface area contributed by atoms with Crippen molar-refractivity contribution >= 4 is 17.5 Å². The first-order valence-electron chi connectivity index (χ1n) is 11.3. The van der Waals surface area contributed by atoms with Gasteiger partial charge in [0.2, 0.25) is 0 Å². The van der Waals surface area contributed by atoms with Crippen LogP contribution < -0.4 is 10.6 Å². The number of nitrogens with zero attached hydrogens (tertiary/aromatic N) is 2. The van der Waals surface area contributed by atoms with Gasteiger partial charge in [0.05, 0.1) is 0 Å². The Kier molecular flexibility index (Phi) is 4.19. The van der Waals surface area contributed by atoms with Crippen molar-refractivity contribution in [3.8, 4) is 0 Å². The molecule has 164 valence electrons. The molecular formula is C25H25FN4O2. The Labute approximate surface area is 185 Å².